The largest absolute Gasteiger partial charge is 0.469 e. The molecule has 0 bridgehead atoms. The summed E-state index contributed by atoms with van der Waals surface area (Å²) in [5, 5.41) is 0. The lowest BCUT2D eigenvalue weighted by Gasteiger charge is -2.27. The van der Waals surface area contributed by atoms with Gasteiger partial charge in [-0.2, -0.15) is 0 Å². The highest BCUT2D eigenvalue weighted by Crippen LogP contribution is 2.39. The number of allylic oxidation sites excluding steroid dienone is 2. The molecule has 1 aliphatic carbocycles. The zero-order valence-corrected chi connectivity index (χ0v) is 16.8. The van der Waals surface area contributed by atoms with Gasteiger partial charge in [0.1, 0.15) is 12.4 Å². The van der Waals surface area contributed by atoms with E-state index in [4.69, 9.17) is 14.2 Å². The van der Waals surface area contributed by atoms with Crippen molar-refractivity contribution >= 4 is 18.2 Å². The fourth-order valence-corrected chi connectivity index (χ4v) is 3.93. The van der Waals surface area contributed by atoms with Crippen LogP contribution in [0.4, 0.5) is 0 Å². The van der Waals surface area contributed by atoms with Crippen molar-refractivity contribution in [3.63, 3.8) is 0 Å². The van der Waals surface area contributed by atoms with Crippen molar-refractivity contribution in [2.24, 2.45) is 11.8 Å². The zero-order valence-electron chi connectivity index (χ0n) is 16.8. The van der Waals surface area contributed by atoms with E-state index >= 15 is 0 Å². The third-order valence-electron chi connectivity index (χ3n) is 5.36. The highest BCUT2D eigenvalue weighted by molar-refractivity contribution is 5.69. The summed E-state index contributed by atoms with van der Waals surface area (Å²) in [6.07, 6.45) is 9.85. The maximum Gasteiger partial charge on any atom is 0.305 e. The Hall–Kier alpha value is -1.73. The normalized spacial score (nSPS) is 30.3. The number of carbonyl (C=O) groups excluding carboxylic acids is 3. The molecule has 0 spiro atoms. The topological polar surface area (TPSA) is 88.1 Å². The molecule has 2 rings (SSSR count). The molecule has 0 amide bonds. The Labute approximate surface area is 166 Å². The van der Waals surface area contributed by atoms with E-state index in [2.05, 4.69) is 4.74 Å². The maximum atomic E-state index is 11.8. The summed E-state index contributed by atoms with van der Waals surface area (Å²) in [7, 11) is 1.38. The first-order chi connectivity index (χ1) is 13.5. The molecule has 1 aliphatic heterocycles. The molecule has 5 atom stereocenters. The number of rotatable bonds is 10. The van der Waals surface area contributed by atoms with Gasteiger partial charge >= 0.3 is 11.9 Å². The minimum Gasteiger partial charge on any atom is -0.469 e. The summed E-state index contributed by atoms with van der Waals surface area (Å²) in [5.74, 6) is -1.03. The van der Waals surface area contributed by atoms with E-state index in [-0.39, 0.29) is 42.3 Å². The van der Waals surface area contributed by atoms with Crippen LogP contribution in [0.5, 0.6) is 0 Å². The number of hydrogen-bond acceptors (Lipinski definition) is 7. The molecule has 7 heteroatoms. The van der Waals surface area contributed by atoms with Crippen molar-refractivity contribution in [2.75, 3.05) is 13.7 Å². The van der Waals surface area contributed by atoms with Crippen LogP contribution >= 0.6 is 0 Å². The van der Waals surface area contributed by atoms with E-state index in [1.807, 2.05) is 12.2 Å². The standard InChI is InChI=1S/C21H32O7/c1-15(23)27-18-13-19(28-21-11-7-8-12-26-21)17(14-22)16(18)9-5-3-4-6-10-20(24)25-2/h3,5,14,16-19,21H,4,6-13H2,1-2H3/b5-3-/t16?,17-,18?,19?,21?/m1/s1. The molecule has 2 aliphatic rings. The molecular formula is C21H32O7. The van der Waals surface area contributed by atoms with Gasteiger partial charge in [-0.3, -0.25) is 9.59 Å². The highest BCUT2D eigenvalue weighted by Gasteiger charge is 2.46. The summed E-state index contributed by atoms with van der Waals surface area (Å²) >= 11 is 0. The molecule has 158 valence electrons. The predicted octanol–water partition coefficient (Wildman–Crippen LogP) is 2.95. The van der Waals surface area contributed by atoms with Crippen LogP contribution in [0.15, 0.2) is 12.2 Å². The Morgan fingerprint density at radius 2 is 2.00 bits per heavy atom. The fraction of sp³-hybridized carbons (Fsp3) is 0.762. The fourth-order valence-electron chi connectivity index (χ4n) is 3.93. The van der Waals surface area contributed by atoms with Crippen LogP contribution in [0.3, 0.4) is 0 Å². The molecule has 1 saturated heterocycles. The quantitative estimate of drug-likeness (QED) is 0.243. The van der Waals surface area contributed by atoms with Crippen LogP contribution in [0.25, 0.3) is 0 Å². The maximum absolute atomic E-state index is 11.8. The van der Waals surface area contributed by atoms with Crippen molar-refractivity contribution in [1.82, 2.24) is 0 Å². The van der Waals surface area contributed by atoms with Gasteiger partial charge in [-0.15, -0.1) is 0 Å². The lowest BCUT2D eigenvalue weighted by Crippen LogP contribution is -2.32. The average molecular weight is 396 g/mol. The molecule has 0 aromatic rings. The Balaban J connectivity index is 1.91. The summed E-state index contributed by atoms with van der Waals surface area (Å²) in [6.45, 7) is 2.06. The van der Waals surface area contributed by atoms with Crippen molar-refractivity contribution in [2.45, 2.75) is 76.8 Å². The van der Waals surface area contributed by atoms with Crippen LogP contribution in [-0.2, 0) is 33.3 Å². The number of methoxy groups -OCH3 is 1. The third-order valence-corrected chi connectivity index (χ3v) is 5.36. The number of carbonyl (C=O) groups is 3. The van der Waals surface area contributed by atoms with Gasteiger partial charge in [0.05, 0.1) is 13.2 Å². The van der Waals surface area contributed by atoms with Crippen molar-refractivity contribution in [3.8, 4) is 0 Å². The summed E-state index contributed by atoms with van der Waals surface area (Å²) in [5.41, 5.74) is 0. The Bertz CT molecular complexity index is 539. The molecular weight excluding hydrogens is 364 g/mol. The SMILES string of the molecule is COC(=O)CCC/C=C\CC1C(OC(C)=O)CC(OC2CCCCO2)[C@@H]1C=O. The van der Waals surface area contributed by atoms with E-state index in [0.29, 0.717) is 32.3 Å². The van der Waals surface area contributed by atoms with Gasteiger partial charge in [0.15, 0.2) is 6.29 Å². The highest BCUT2D eigenvalue weighted by atomic mass is 16.7. The minimum atomic E-state index is -0.351. The van der Waals surface area contributed by atoms with Crippen LogP contribution in [-0.4, -0.2) is 50.4 Å². The number of ether oxygens (including phenoxy) is 4. The molecule has 0 N–H and O–H groups in total. The Morgan fingerprint density at radius 1 is 1.18 bits per heavy atom. The second kappa shape index (κ2) is 12.0. The monoisotopic (exact) mass is 396 g/mol. The number of unbranched alkanes of at least 4 members (excludes halogenated alkanes) is 1. The first-order valence-corrected chi connectivity index (χ1v) is 10.2. The van der Waals surface area contributed by atoms with E-state index < -0.39 is 0 Å². The van der Waals surface area contributed by atoms with Gasteiger partial charge in [-0.1, -0.05) is 12.2 Å². The average Bonchev–Trinajstić information content (AvgIpc) is 3.00. The first-order valence-electron chi connectivity index (χ1n) is 10.2. The second-order valence-corrected chi connectivity index (χ2v) is 7.41. The Morgan fingerprint density at radius 3 is 2.64 bits per heavy atom. The van der Waals surface area contributed by atoms with E-state index in [1.54, 1.807) is 0 Å². The molecule has 0 aromatic heterocycles. The predicted molar refractivity (Wildman–Crippen MR) is 101 cm³/mol. The lowest BCUT2D eigenvalue weighted by atomic mass is 9.91. The van der Waals surface area contributed by atoms with Gasteiger partial charge in [-0.05, 0) is 38.5 Å². The second-order valence-electron chi connectivity index (χ2n) is 7.41. The smallest absolute Gasteiger partial charge is 0.305 e. The van der Waals surface area contributed by atoms with Crippen LogP contribution in [0.1, 0.15) is 58.3 Å². The summed E-state index contributed by atoms with van der Waals surface area (Å²) < 4.78 is 21.8. The summed E-state index contributed by atoms with van der Waals surface area (Å²) in [6, 6.07) is 0. The third kappa shape index (κ3) is 7.02. The molecule has 7 nitrogen and oxygen atoms in total. The van der Waals surface area contributed by atoms with Crippen molar-refractivity contribution < 1.29 is 33.3 Å². The Kier molecular flexibility index (Phi) is 9.64. The molecule has 1 saturated carbocycles. The molecule has 0 aromatic carbocycles. The van der Waals surface area contributed by atoms with Crippen molar-refractivity contribution in [3.05, 3.63) is 12.2 Å². The number of hydrogen-bond donors (Lipinski definition) is 0. The van der Waals surface area contributed by atoms with Gasteiger partial charge in [0, 0.05) is 38.2 Å². The molecule has 2 fully saturated rings. The lowest BCUT2D eigenvalue weighted by molar-refractivity contribution is -0.195. The van der Waals surface area contributed by atoms with Crippen LogP contribution < -0.4 is 0 Å². The van der Waals surface area contributed by atoms with E-state index in [9.17, 15) is 14.4 Å². The first kappa shape index (κ1) is 22.6. The van der Waals surface area contributed by atoms with Gasteiger partial charge in [-0.25, -0.2) is 0 Å². The minimum absolute atomic E-state index is 0.119. The van der Waals surface area contributed by atoms with Crippen molar-refractivity contribution in [1.29, 1.82) is 0 Å². The number of esters is 2. The van der Waals surface area contributed by atoms with Crippen LogP contribution in [0.2, 0.25) is 0 Å². The number of aldehydes is 1. The molecule has 0 radical (unpaired) electrons. The summed E-state index contributed by atoms with van der Waals surface area (Å²) in [4.78, 5) is 34.4. The molecule has 4 unspecified atom stereocenters. The van der Waals surface area contributed by atoms with E-state index in [1.165, 1.54) is 14.0 Å². The van der Waals surface area contributed by atoms with Gasteiger partial charge in [0.2, 0.25) is 0 Å². The van der Waals surface area contributed by atoms with Crippen LogP contribution in [0, 0.1) is 11.8 Å². The van der Waals surface area contributed by atoms with Gasteiger partial charge < -0.3 is 23.7 Å². The molecule has 28 heavy (non-hydrogen) atoms. The molecule has 1 heterocycles. The zero-order chi connectivity index (χ0) is 20.4. The van der Waals surface area contributed by atoms with E-state index in [0.717, 1.165) is 32.0 Å². The van der Waals surface area contributed by atoms with Gasteiger partial charge in [0.25, 0.3) is 0 Å².